The van der Waals surface area contributed by atoms with E-state index in [0.717, 1.165) is 17.5 Å². The van der Waals surface area contributed by atoms with Gasteiger partial charge in [0.05, 0.1) is 6.04 Å². The Morgan fingerprint density at radius 2 is 1.96 bits per heavy atom. The maximum Gasteiger partial charge on any atom is 0.244 e. The molecule has 2 nitrogen and oxygen atoms in total. The second-order valence-electron chi connectivity index (χ2n) is 5.97. The predicted molar refractivity (Wildman–Crippen MR) is 95.5 cm³/mol. The number of halogens is 1. The van der Waals surface area contributed by atoms with Gasteiger partial charge in [-0.1, -0.05) is 48.0 Å². The first-order valence-corrected chi connectivity index (χ1v) is 8.36. The molecule has 1 aliphatic carbocycles. The van der Waals surface area contributed by atoms with Gasteiger partial charge in [0.25, 0.3) is 0 Å². The standard InChI is InChI=1S/C20H20ClNO/c1-14(17-10-9-15-6-4-7-18(15)13-17)22-20(23)12-11-16-5-2-3-8-19(16)21/h2-3,5,8-14H,4,6-7H2,1H3,(H,22,23)/b12-11+. The van der Waals surface area contributed by atoms with Crippen LogP contribution in [0, 0.1) is 0 Å². The highest BCUT2D eigenvalue weighted by atomic mass is 35.5. The van der Waals surface area contributed by atoms with Gasteiger partial charge in [-0.05, 0) is 60.6 Å². The number of rotatable bonds is 4. The molecule has 1 aliphatic rings. The molecule has 2 aromatic rings. The lowest BCUT2D eigenvalue weighted by Gasteiger charge is -2.14. The summed E-state index contributed by atoms with van der Waals surface area (Å²) < 4.78 is 0. The normalized spacial score (nSPS) is 14.7. The zero-order chi connectivity index (χ0) is 16.2. The third kappa shape index (κ3) is 3.83. The van der Waals surface area contributed by atoms with E-state index < -0.39 is 0 Å². The number of aryl methyl sites for hydroxylation is 2. The van der Waals surface area contributed by atoms with Gasteiger partial charge in [-0.25, -0.2) is 0 Å². The Hall–Kier alpha value is -2.06. The van der Waals surface area contributed by atoms with E-state index in [4.69, 9.17) is 11.6 Å². The van der Waals surface area contributed by atoms with Crippen LogP contribution in [0.25, 0.3) is 6.08 Å². The van der Waals surface area contributed by atoms with E-state index in [1.807, 2.05) is 31.2 Å². The van der Waals surface area contributed by atoms with Crippen molar-refractivity contribution in [2.75, 3.05) is 0 Å². The lowest BCUT2D eigenvalue weighted by atomic mass is 10.0. The van der Waals surface area contributed by atoms with Crippen LogP contribution < -0.4 is 5.32 Å². The minimum absolute atomic E-state index is 0.00991. The highest BCUT2D eigenvalue weighted by Crippen LogP contribution is 2.25. The topological polar surface area (TPSA) is 29.1 Å². The Morgan fingerprint density at radius 3 is 2.78 bits per heavy atom. The van der Waals surface area contributed by atoms with Crippen LogP contribution in [0.3, 0.4) is 0 Å². The van der Waals surface area contributed by atoms with Gasteiger partial charge >= 0.3 is 0 Å². The van der Waals surface area contributed by atoms with E-state index in [0.29, 0.717) is 5.02 Å². The van der Waals surface area contributed by atoms with Gasteiger partial charge in [-0.3, -0.25) is 4.79 Å². The maximum absolute atomic E-state index is 12.1. The summed E-state index contributed by atoms with van der Waals surface area (Å²) in [6, 6.07) is 14.0. The fourth-order valence-electron chi connectivity index (χ4n) is 2.98. The second-order valence-corrected chi connectivity index (χ2v) is 6.37. The van der Waals surface area contributed by atoms with Crippen molar-refractivity contribution >= 4 is 23.6 Å². The Balaban J connectivity index is 1.64. The number of hydrogen-bond donors (Lipinski definition) is 1. The fraction of sp³-hybridized carbons (Fsp3) is 0.250. The summed E-state index contributed by atoms with van der Waals surface area (Å²) in [5, 5.41) is 3.65. The highest BCUT2D eigenvalue weighted by Gasteiger charge is 2.14. The van der Waals surface area contributed by atoms with E-state index in [1.54, 1.807) is 6.08 Å². The molecular weight excluding hydrogens is 306 g/mol. The molecule has 0 spiro atoms. The first kappa shape index (κ1) is 15.8. The number of fused-ring (bicyclic) bond motifs is 1. The first-order chi connectivity index (χ1) is 11.1. The molecule has 0 radical (unpaired) electrons. The van der Waals surface area contributed by atoms with Crippen molar-refractivity contribution < 1.29 is 4.79 Å². The first-order valence-electron chi connectivity index (χ1n) is 7.98. The van der Waals surface area contributed by atoms with Gasteiger partial charge in [0, 0.05) is 11.1 Å². The molecule has 3 heteroatoms. The number of benzene rings is 2. The minimum Gasteiger partial charge on any atom is -0.346 e. The molecule has 0 heterocycles. The fourth-order valence-corrected chi connectivity index (χ4v) is 3.18. The minimum atomic E-state index is -0.113. The second kappa shape index (κ2) is 7.01. The third-order valence-electron chi connectivity index (χ3n) is 4.30. The molecule has 0 fully saturated rings. The molecule has 118 valence electrons. The molecule has 1 unspecified atom stereocenters. The van der Waals surface area contributed by atoms with Crippen LogP contribution in [0.1, 0.15) is 41.6 Å². The van der Waals surface area contributed by atoms with Crippen LogP contribution in [-0.4, -0.2) is 5.91 Å². The Kier molecular flexibility index (Phi) is 4.82. The van der Waals surface area contributed by atoms with Crippen LogP contribution in [0.5, 0.6) is 0 Å². The molecule has 0 saturated carbocycles. The van der Waals surface area contributed by atoms with Crippen molar-refractivity contribution in [2.24, 2.45) is 0 Å². The summed E-state index contributed by atoms with van der Waals surface area (Å²) in [6.45, 7) is 2.01. The van der Waals surface area contributed by atoms with Crippen molar-refractivity contribution in [1.82, 2.24) is 5.32 Å². The SMILES string of the molecule is CC(NC(=O)/C=C/c1ccccc1Cl)c1ccc2c(c1)CCC2. The van der Waals surface area contributed by atoms with E-state index in [1.165, 1.54) is 30.0 Å². The van der Waals surface area contributed by atoms with Crippen LogP contribution in [0.2, 0.25) is 5.02 Å². The molecule has 1 N–H and O–H groups in total. The molecule has 0 bridgehead atoms. The number of carbonyl (C=O) groups is 1. The van der Waals surface area contributed by atoms with Gasteiger partial charge in [-0.2, -0.15) is 0 Å². The van der Waals surface area contributed by atoms with Crippen LogP contribution in [-0.2, 0) is 17.6 Å². The molecule has 0 aromatic heterocycles. The summed E-state index contributed by atoms with van der Waals surface area (Å²) >= 11 is 6.08. The molecule has 0 saturated heterocycles. The summed E-state index contributed by atoms with van der Waals surface area (Å²) in [6.07, 6.45) is 6.84. The average Bonchev–Trinajstić information content (AvgIpc) is 3.01. The Labute approximate surface area is 142 Å². The molecule has 0 aliphatic heterocycles. The molecule has 3 rings (SSSR count). The van der Waals surface area contributed by atoms with E-state index >= 15 is 0 Å². The lowest BCUT2D eigenvalue weighted by Crippen LogP contribution is -2.24. The number of amides is 1. The highest BCUT2D eigenvalue weighted by molar-refractivity contribution is 6.32. The lowest BCUT2D eigenvalue weighted by molar-refractivity contribution is -0.117. The summed E-state index contributed by atoms with van der Waals surface area (Å²) in [5.41, 5.74) is 4.88. The third-order valence-corrected chi connectivity index (χ3v) is 4.65. The van der Waals surface area contributed by atoms with Gasteiger partial charge in [-0.15, -0.1) is 0 Å². The summed E-state index contributed by atoms with van der Waals surface area (Å²) in [5.74, 6) is -0.113. The maximum atomic E-state index is 12.1. The van der Waals surface area contributed by atoms with Gasteiger partial charge in [0.1, 0.15) is 0 Å². The zero-order valence-electron chi connectivity index (χ0n) is 13.2. The monoisotopic (exact) mass is 325 g/mol. The largest absolute Gasteiger partial charge is 0.346 e. The molecular formula is C20H20ClNO. The average molecular weight is 326 g/mol. The molecule has 23 heavy (non-hydrogen) atoms. The predicted octanol–water partition coefficient (Wildman–Crippen LogP) is 4.72. The molecule has 2 aromatic carbocycles. The van der Waals surface area contributed by atoms with Crippen molar-refractivity contribution in [2.45, 2.75) is 32.2 Å². The molecule has 1 amide bonds. The zero-order valence-corrected chi connectivity index (χ0v) is 13.9. The number of carbonyl (C=O) groups excluding carboxylic acids is 1. The Morgan fingerprint density at radius 1 is 1.17 bits per heavy atom. The van der Waals surface area contributed by atoms with Crippen molar-refractivity contribution in [3.63, 3.8) is 0 Å². The van der Waals surface area contributed by atoms with Gasteiger partial charge in [0.15, 0.2) is 0 Å². The van der Waals surface area contributed by atoms with E-state index in [-0.39, 0.29) is 11.9 Å². The van der Waals surface area contributed by atoms with Crippen molar-refractivity contribution in [3.8, 4) is 0 Å². The van der Waals surface area contributed by atoms with Crippen molar-refractivity contribution in [3.05, 3.63) is 75.8 Å². The van der Waals surface area contributed by atoms with Crippen molar-refractivity contribution in [1.29, 1.82) is 0 Å². The van der Waals surface area contributed by atoms with E-state index in [2.05, 4.69) is 23.5 Å². The van der Waals surface area contributed by atoms with Crippen LogP contribution in [0.4, 0.5) is 0 Å². The van der Waals surface area contributed by atoms with Gasteiger partial charge < -0.3 is 5.32 Å². The summed E-state index contributed by atoms with van der Waals surface area (Å²) in [4.78, 5) is 12.1. The smallest absolute Gasteiger partial charge is 0.244 e. The van der Waals surface area contributed by atoms with Crippen LogP contribution in [0.15, 0.2) is 48.5 Å². The quantitative estimate of drug-likeness (QED) is 0.810. The number of nitrogens with one attached hydrogen (secondary N) is 1. The Bertz CT molecular complexity index is 751. The summed E-state index contributed by atoms with van der Waals surface area (Å²) in [7, 11) is 0. The van der Waals surface area contributed by atoms with Crippen LogP contribution >= 0.6 is 11.6 Å². The van der Waals surface area contributed by atoms with Gasteiger partial charge in [0.2, 0.25) is 5.91 Å². The molecule has 1 atom stereocenters. The van der Waals surface area contributed by atoms with E-state index in [9.17, 15) is 4.79 Å². The number of hydrogen-bond acceptors (Lipinski definition) is 1.